The molecule has 7 nitrogen and oxygen atoms in total. The lowest BCUT2D eigenvalue weighted by Gasteiger charge is -2.15. The van der Waals surface area contributed by atoms with Gasteiger partial charge in [0.2, 0.25) is 0 Å². The average molecular weight is 376 g/mol. The van der Waals surface area contributed by atoms with E-state index in [1.54, 1.807) is 48.9 Å². The number of rotatable bonds is 7. The van der Waals surface area contributed by atoms with Crippen LogP contribution < -0.4 is 15.8 Å². The lowest BCUT2D eigenvalue weighted by atomic mass is 10.0. The number of methoxy groups -OCH3 is 1. The van der Waals surface area contributed by atoms with E-state index in [-0.39, 0.29) is 29.5 Å². The van der Waals surface area contributed by atoms with Gasteiger partial charge in [0.15, 0.2) is 0 Å². The molecule has 7 heteroatoms. The molecule has 3 aromatic rings. The van der Waals surface area contributed by atoms with E-state index in [4.69, 9.17) is 20.3 Å². The van der Waals surface area contributed by atoms with Gasteiger partial charge in [-0.1, -0.05) is 6.07 Å². The third-order valence-corrected chi connectivity index (χ3v) is 4.02. The highest BCUT2D eigenvalue weighted by molar-refractivity contribution is 6.15. The zero-order valence-electron chi connectivity index (χ0n) is 15.3. The molecule has 0 atom stereocenters. The maximum absolute atomic E-state index is 12.6. The summed E-state index contributed by atoms with van der Waals surface area (Å²) in [5.41, 5.74) is 7.86. The minimum absolute atomic E-state index is 0.112. The highest BCUT2D eigenvalue weighted by atomic mass is 16.5. The number of nitrogens with two attached hydrogens (primary N) is 1. The number of benzene rings is 1. The predicted octanol–water partition coefficient (Wildman–Crippen LogP) is 3.28. The minimum atomic E-state index is -0.351. The van der Waals surface area contributed by atoms with Crippen molar-refractivity contribution in [3.8, 4) is 5.75 Å². The Morgan fingerprint density at radius 3 is 2.82 bits per heavy atom. The first kappa shape index (κ1) is 18.9. The first-order valence-electron chi connectivity index (χ1n) is 8.55. The lowest BCUT2D eigenvalue weighted by molar-refractivity contribution is 0.0945. The number of nitrogen functional groups attached to an aromatic ring is 1. The van der Waals surface area contributed by atoms with Gasteiger partial charge in [-0.3, -0.25) is 9.78 Å². The van der Waals surface area contributed by atoms with E-state index in [1.165, 1.54) is 7.11 Å². The minimum Gasteiger partial charge on any atom is -0.495 e. The van der Waals surface area contributed by atoms with Crippen LogP contribution in [0.3, 0.4) is 0 Å². The van der Waals surface area contributed by atoms with Crippen molar-refractivity contribution in [2.24, 2.45) is 0 Å². The molecule has 1 amide bonds. The molecule has 0 radical (unpaired) electrons. The molecule has 0 bridgehead atoms. The standard InChI is InChI=1S/C21H20N4O3/c1-27-20-16(21(26)25-13-15-6-4-12-28-15)8-10-18(23)19(20)17(22)9-7-14-5-2-3-11-24-14/h2-12,22H,13,23H2,1H3,(H,25,26)/b9-7+,22-17?. The third-order valence-electron chi connectivity index (χ3n) is 4.02. The summed E-state index contributed by atoms with van der Waals surface area (Å²) in [6.45, 7) is 0.242. The van der Waals surface area contributed by atoms with E-state index in [0.717, 1.165) is 0 Å². The Balaban J connectivity index is 1.86. The molecule has 0 aliphatic rings. The smallest absolute Gasteiger partial charge is 0.255 e. The molecule has 2 heterocycles. The maximum Gasteiger partial charge on any atom is 0.255 e. The summed E-state index contributed by atoms with van der Waals surface area (Å²) in [6.07, 6.45) is 6.48. The van der Waals surface area contributed by atoms with Gasteiger partial charge in [0, 0.05) is 11.9 Å². The molecular formula is C21H20N4O3. The van der Waals surface area contributed by atoms with Crippen molar-refractivity contribution in [1.82, 2.24) is 10.3 Å². The Morgan fingerprint density at radius 1 is 1.29 bits per heavy atom. The summed E-state index contributed by atoms with van der Waals surface area (Å²) >= 11 is 0. The van der Waals surface area contributed by atoms with E-state index < -0.39 is 0 Å². The van der Waals surface area contributed by atoms with Crippen LogP contribution in [-0.2, 0) is 6.54 Å². The molecule has 0 fully saturated rings. The molecule has 0 saturated carbocycles. The lowest BCUT2D eigenvalue weighted by Crippen LogP contribution is -2.24. The molecule has 0 spiro atoms. The molecule has 0 aliphatic heterocycles. The summed E-state index contributed by atoms with van der Waals surface area (Å²) < 4.78 is 10.7. The number of aromatic nitrogens is 1. The van der Waals surface area contributed by atoms with Crippen LogP contribution in [0.1, 0.15) is 27.4 Å². The number of anilines is 1. The van der Waals surface area contributed by atoms with Crippen LogP contribution >= 0.6 is 0 Å². The second-order valence-electron chi connectivity index (χ2n) is 5.87. The Hall–Kier alpha value is -3.87. The van der Waals surface area contributed by atoms with Crippen LogP contribution in [0.2, 0.25) is 0 Å². The van der Waals surface area contributed by atoms with Gasteiger partial charge >= 0.3 is 0 Å². The Morgan fingerprint density at radius 2 is 2.14 bits per heavy atom. The number of hydrogen-bond acceptors (Lipinski definition) is 6. The zero-order chi connectivity index (χ0) is 19.9. The van der Waals surface area contributed by atoms with Crippen LogP contribution in [0, 0.1) is 5.41 Å². The second kappa shape index (κ2) is 8.68. The van der Waals surface area contributed by atoms with Gasteiger partial charge < -0.3 is 25.6 Å². The quantitative estimate of drug-likeness (QED) is 0.432. The highest BCUT2D eigenvalue weighted by Gasteiger charge is 2.20. The van der Waals surface area contributed by atoms with Crippen LogP contribution in [0.4, 0.5) is 5.69 Å². The second-order valence-corrected chi connectivity index (χ2v) is 5.87. The van der Waals surface area contributed by atoms with Gasteiger partial charge in [0.05, 0.1) is 42.5 Å². The number of pyridine rings is 1. The van der Waals surface area contributed by atoms with Crippen molar-refractivity contribution in [2.75, 3.05) is 12.8 Å². The fourth-order valence-corrected chi connectivity index (χ4v) is 2.67. The van der Waals surface area contributed by atoms with Gasteiger partial charge in [-0.15, -0.1) is 0 Å². The van der Waals surface area contributed by atoms with Gasteiger partial charge in [-0.25, -0.2) is 0 Å². The monoisotopic (exact) mass is 376 g/mol. The molecule has 28 heavy (non-hydrogen) atoms. The number of nitrogens with one attached hydrogen (secondary N) is 2. The molecule has 1 aromatic carbocycles. The molecule has 0 aliphatic carbocycles. The van der Waals surface area contributed by atoms with Gasteiger partial charge in [-0.2, -0.15) is 0 Å². The Kier molecular flexibility index (Phi) is 5.86. The van der Waals surface area contributed by atoms with Crippen molar-refractivity contribution < 1.29 is 13.9 Å². The average Bonchev–Trinajstić information content (AvgIpc) is 3.24. The maximum atomic E-state index is 12.6. The first-order valence-corrected chi connectivity index (χ1v) is 8.55. The molecule has 4 N–H and O–H groups in total. The fraction of sp³-hybridized carbons (Fsp3) is 0.0952. The van der Waals surface area contributed by atoms with Gasteiger partial charge in [0.1, 0.15) is 11.5 Å². The van der Waals surface area contributed by atoms with Crippen LogP contribution in [0.25, 0.3) is 6.08 Å². The number of allylic oxidation sites excluding steroid dienone is 1. The fourth-order valence-electron chi connectivity index (χ4n) is 2.67. The zero-order valence-corrected chi connectivity index (χ0v) is 15.3. The van der Waals surface area contributed by atoms with Crippen molar-refractivity contribution in [1.29, 1.82) is 5.41 Å². The van der Waals surface area contributed by atoms with E-state index in [9.17, 15) is 4.79 Å². The van der Waals surface area contributed by atoms with Gasteiger partial charge in [0.25, 0.3) is 5.91 Å². The summed E-state index contributed by atoms with van der Waals surface area (Å²) in [4.78, 5) is 16.8. The number of carbonyl (C=O) groups is 1. The van der Waals surface area contributed by atoms with Crippen LogP contribution in [0.15, 0.2) is 65.4 Å². The topological polar surface area (TPSA) is 114 Å². The first-order chi connectivity index (χ1) is 13.6. The van der Waals surface area contributed by atoms with E-state index in [0.29, 0.717) is 22.7 Å². The number of furan rings is 1. The van der Waals surface area contributed by atoms with E-state index in [1.807, 2.05) is 18.2 Å². The summed E-state index contributed by atoms with van der Waals surface area (Å²) in [7, 11) is 1.44. The van der Waals surface area contributed by atoms with Crippen molar-refractivity contribution in [2.45, 2.75) is 6.54 Å². The normalized spacial score (nSPS) is 10.8. The summed E-state index contributed by atoms with van der Waals surface area (Å²) in [5, 5.41) is 11.2. The summed E-state index contributed by atoms with van der Waals surface area (Å²) in [6, 6.07) is 12.2. The molecular weight excluding hydrogens is 356 g/mol. The summed E-state index contributed by atoms with van der Waals surface area (Å²) in [5.74, 6) is 0.526. The highest BCUT2D eigenvalue weighted by Crippen LogP contribution is 2.30. The molecule has 0 saturated heterocycles. The predicted molar refractivity (Wildman–Crippen MR) is 107 cm³/mol. The van der Waals surface area contributed by atoms with E-state index in [2.05, 4.69) is 10.3 Å². The van der Waals surface area contributed by atoms with Crippen LogP contribution in [-0.4, -0.2) is 23.7 Å². The third kappa shape index (κ3) is 4.27. The SMILES string of the molecule is COc1c(C(=O)NCc2ccco2)ccc(N)c1C(=N)/C=C/c1ccccn1. The van der Waals surface area contributed by atoms with E-state index >= 15 is 0 Å². The van der Waals surface area contributed by atoms with Crippen molar-refractivity contribution in [3.63, 3.8) is 0 Å². The van der Waals surface area contributed by atoms with Crippen LogP contribution in [0.5, 0.6) is 5.75 Å². The number of nitrogens with zero attached hydrogens (tertiary/aromatic N) is 1. The molecule has 0 unspecified atom stereocenters. The number of hydrogen-bond donors (Lipinski definition) is 3. The molecule has 142 valence electrons. The molecule has 3 rings (SSSR count). The van der Waals surface area contributed by atoms with Crippen molar-refractivity contribution in [3.05, 3.63) is 83.6 Å². The Labute approximate surface area is 162 Å². The number of carbonyl (C=O) groups excluding carboxylic acids is 1. The van der Waals surface area contributed by atoms with Crippen molar-refractivity contribution >= 4 is 23.4 Å². The Bertz CT molecular complexity index is 996. The molecule has 2 aromatic heterocycles. The van der Waals surface area contributed by atoms with Gasteiger partial charge in [-0.05, 0) is 48.6 Å². The largest absolute Gasteiger partial charge is 0.495 e. The number of amides is 1. The number of ether oxygens (including phenoxy) is 1.